The number of carbonyl (C=O) groups excluding carboxylic acids is 1. The average molecular weight is 635 g/mol. The van der Waals surface area contributed by atoms with Crippen molar-refractivity contribution in [2.24, 2.45) is 0 Å². The SMILES string of the molecule is CN(Cc1ccccc1)C1CCCN(c2cc(NC(=O)c3cccs3)ccn2)C1.O=C(O)C(F)(F)F.O=C(O)C(F)(F)F. The molecular formula is C27H28F6N4O5S. The van der Waals surface area contributed by atoms with E-state index in [9.17, 15) is 31.1 Å². The molecule has 0 aliphatic carbocycles. The average Bonchev–Trinajstić information content (AvgIpc) is 3.49. The van der Waals surface area contributed by atoms with Crippen molar-refractivity contribution >= 4 is 40.7 Å². The number of thiophene rings is 1. The highest BCUT2D eigenvalue weighted by Gasteiger charge is 2.38. The summed E-state index contributed by atoms with van der Waals surface area (Å²) in [5.41, 5.74) is 2.12. The summed E-state index contributed by atoms with van der Waals surface area (Å²) in [6.45, 7) is 2.88. The van der Waals surface area contributed by atoms with Crippen molar-refractivity contribution < 1.29 is 50.9 Å². The molecule has 3 aromatic rings. The number of hydrogen-bond donors (Lipinski definition) is 3. The van der Waals surface area contributed by atoms with Crippen molar-refractivity contribution in [3.63, 3.8) is 0 Å². The van der Waals surface area contributed by atoms with Gasteiger partial charge in [-0.25, -0.2) is 14.6 Å². The van der Waals surface area contributed by atoms with Crippen molar-refractivity contribution in [1.29, 1.82) is 0 Å². The van der Waals surface area contributed by atoms with Crippen LogP contribution < -0.4 is 10.2 Å². The number of nitrogens with zero attached hydrogens (tertiary/aromatic N) is 3. The Morgan fingerprint density at radius 1 is 1.00 bits per heavy atom. The molecule has 16 heteroatoms. The Bertz CT molecular complexity index is 1300. The Kier molecular flexibility index (Phi) is 12.9. The van der Waals surface area contributed by atoms with Crippen LogP contribution in [0.5, 0.6) is 0 Å². The molecular weight excluding hydrogens is 606 g/mol. The third-order valence-corrected chi connectivity index (χ3v) is 6.72. The summed E-state index contributed by atoms with van der Waals surface area (Å²) in [6, 6.07) is 18.6. The standard InChI is InChI=1S/C23H26N4OS.2C2HF3O2/c1-26(16-18-7-3-2-4-8-18)20-9-5-13-27(17-20)22-15-19(11-12-24-22)25-23(28)21-10-6-14-29-21;2*3-2(4,5)1(6)7/h2-4,6-8,10-12,14-15,20H,5,9,13,16-17H2,1H3,(H,24,25,28);2*(H,6,7). The van der Waals surface area contributed by atoms with Crippen LogP contribution in [-0.2, 0) is 16.1 Å². The zero-order chi connectivity index (χ0) is 32.2. The van der Waals surface area contributed by atoms with Crippen LogP contribution in [0.1, 0.15) is 28.1 Å². The number of aromatic nitrogens is 1. The molecule has 9 nitrogen and oxygen atoms in total. The molecule has 0 saturated carbocycles. The van der Waals surface area contributed by atoms with Gasteiger partial charge in [0, 0.05) is 43.6 Å². The second-order valence-electron chi connectivity index (χ2n) is 9.08. The first kappa shape index (κ1) is 35.0. The lowest BCUT2D eigenvalue weighted by Crippen LogP contribution is -2.46. The summed E-state index contributed by atoms with van der Waals surface area (Å²) in [7, 11) is 2.20. The number of amides is 1. The highest BCUT2D eigenvalue weighted by Crippen LogP contribution is 2.24. The van der Waals surface area contributed by atoms with E-state index in [2.05, 4.69) is 57.5 Å². The number of carboxylic acids is 2. The van der Waals surface area contributed by atoms with E-state index >= 15 is 0 Å². The van der Waals surface area contributed by atoms with Crippen LogP contribution in [0.3, 0.4) is 0 Å². The third kappa shape index (κ3) is 12.3. The van der Waals surface area contributed by atoms with E-state index in [0.29, 0.717) is 10.9 Å². The number of carboxylic acid groups (broad SMARTS) is 2. The highest BCUT2D eigenvalue weighted by molar-refractivity contribution is 7.12. The van der Waals surface area contributed by atoms with Gasteiger partial charge in [-0.05, 0) is 43.0 Å². The third-order valence-electron chi connectivity index (χ3n) is 5.85. The minimum Gasteiger partial charge on any atom is -0.475 e. The largest absolute Gasteiger partial charge is 0.490 e. The molecule has 234 valence electrons. The Labute approximate surface area is 246 Å². The van der Waals surface area contributed by atoms with Crippen molar-refractivity contribution in [2.45, 2.75) is 37.8 Å². The number of halogens is 6. The van der Waals surface area contributed by atoms with Gasteiger partial charge in [-0.3, -0.25) is 9.69 Å². The van der Waals surface area contributed by atoms with E-state index in [0.717, 1.165) is 37.6 Å². The molecule has 1 fully saturated rings. The van der Waals surface area contributed by atoms with E-state index in [1.54, 1.807) is 6.20 Å². The minimum absolute atomic E-state index is 0.0729. The second kappa shape index (κ2) is 15.9. The summed E-state index contributed by atoms with van der Waals surface area (Å²) in [5.74, 6) is -4.66. The normalized spacial score (nSPS) is 15.0. The lowest BCUT2D eigenvalue weighted by atomic mass is 10.0. The number of carbonyl (C=O) groups is 3. The summed E-state index contributed by atoms with van der Waals surface area (Å²) >= 11 is 1.44. The molecule has 43 heavy (non-hydrogen) atoms. The predicted octanol–water partition coefficient (Wildman–Crippen LogP) is 5.76. The van der Waals surface area contributed by atoms with E-state index in [4.69, 9.17) is 19.8 Å². The molecule has 0 radical (unpaired) electrons. The lowest BCUT2D eigenvalue weighted by Gasteiger charge is -2.38. The zero-order valence-corrected chi connectivity index (χ0v) is 23.4. The first-order chi connectivity index (χ1) is 20.1. The van der Waals surface area contributed by atoms with Gasteiger partial charge in [0.1, 0.15) is 5.82 Å². The Morgan fingerprint density at radius 2 is 1.60 bits per heavy atom. The first-order valence-electron chi connectivity index (χ1n) is 12.5. The molecule has 1 amide bonds. The summed E-state index contributed by atoms with van der Waals surface area (Å²) in [6.07, 6.45) is -6.07. The summed E-state index contributed by atoms with van der Waals surface area (Å²) < 4.78 is 63.5. The maximum absolute atomic E-state index is 12.3. The van der Waals surface area contributed by atoms with Crippen molar-refractivity contribution in [3.05, 3.63) is 76.6 Å². The van der Waals surface area contributed by atoms with Crippen LogP contribution in [0, 0.1) is 0 Å². The fourth-order valence-electron chi connectivity index (χ4n) is 3.79. The number of pyridine rings is 1. The van der Waals surface area contributed by atoms with Crippen molar-refractivity contribution in [3.8, 4) is 0 Å². The number of benzene rings is 1. The second-order valence-corrected chi connectivity index (χ2v) is 10.0. The van der Waals surface area contributed by atoms with Gasteiger partial charge in [-0.2, -0.15) is 26.3 Å². The molecule has 0 spiro atoms. The molecule has 0 bridgehead atoms. The fraction of sp³-hybridized carbons (Fsp3) is 0.333. The quantitative estimate of drug-likeness (QED) is 0.293. The summed E-state index contributed by atoms with van der Waals surface area (Å²) in [5, 5.41) is 19.1. The van der Waals surface area contributed by atoms with Crippen LogP contribution in [0.2, 0.25) is 0 Å². The van der Waals surface area contributed by atoms with Crippen LogP contribution in [0.25, 0.3) is 0 Å². The van der Waals surface area contributed by atoms with Crippen LogP contribution in [0.15, 0.2) is 66.2 Å². The molecule has 1 atom stereocenters. The van der Waals surface area contributed by atoms with Gasteiger partial charge >= 0.3 is 24.3 Å². The number of anilines is 2. The molecule has 1 saturated heterocycles. The van der Waals surface area contributed by atoms with Crippen molar-refractivity contribution in [2.75, 3.05) is 30.4 Å². The van der Waals surface area contributed by atoms with Gasteiger partial charge in [-0.15, -0.1) is 11.3 Å². The Morgan fingerprint density at radius 3 is 2.14 bits per heavy atom. The predicted molar refractivity (Wildman–Crippen MR) is 147 cm³/mol. The molecule has 1 unspecified atom stereocenters. The number of aliphatic carboxylic acids is 2. The molecule has 1 aromatic carbocycles. The number of nitrogens with one attached hydrogen (secondary N) is 1. The van der Waals surface area contributed by atoms with Gasteiger partial charge in [0.25, 0.3) is 5.91 Å². The topological polar surface area (TPSA) is 123 Å². The van der Waals surface area contributed by atoms with E-state index in [1.165, 1.54) is 23.3 Å². The maximum Gasteiger partial charge on any atom is 0.490 e. The zero-order valence-electron chi connectivity index (χ0n) is 22.6. The van der Waals surface area contributed by atoms with Gasteiger partial charge in [0.15, 0.2) is 0 Å². The smallest absolute Gasteiger partial charge is 0.475 e. The minimum atomic E-state index is -5.08. The van der Waals surface area contributed by atoms with Gasteiger partial charge < -0.3 is 20.4 Å². The van der Waals surface area contributed by atoms with Crippen LogP contribution in [-0.4, -0.2) is 76.5 Å². The first-order valence-corrected chi connectivity index (χ1v) is 13.4. The van der Waals surface area contributed by atoms with E-state index in [-0.39, 0.29) is 5.91 Å². The Hall–Kier alpha value is -4.18. The highest BCUT2D eigenvalue weighted by atomic mass is 32.1. The monoisotopic (exact) mass is 634 g/mol. The van der Waals surface area contributed by atoms with E-state index in [1.807, 2.05) is 29.6 Å². The number of likely N-dealkylation sites (N-methyl/N-ethyl adjacent to an activating group) is 1. The fourth-order valence-corrected chi connectivity index (χ4v) is 4.41. The van der Waals surface area contributed by atoms with E-state index < -0.39 is 24.3 Å². The number of hydrogen-bond acceptors (Lipinski definition) is 7. The maximum atomic E-state index is 12.3. The van der Waals surface area contributed by atoms with Crippen LogP contribution >= 0.6 is 11.3 Å². The van der Waals surface area contributed by atoms with Gasteiger partial charge in [-0.1, -0.05) is 36.4 Å². The van der Waals surface area contributed by atoms with Gasteiger partial charge in [0.05, 0.1) is 4.88 Å². The summed E-state index contributed by atoms with van der Waals surface area (Å²) in [4.78, 5) is 40.2. The number of alkyl halides is 6. The molecule has 1 aliphatic rings. The molecule has 2 aromatic heterocycles. The van der Waals surface area contributed by atoms with Crippen molar-refractivity contribution in [1.82, 2.24) is 9.88 Å². The molecule has 4 rings (SSSR count). The van der Waals surface area contributed by atoms with Gasteiger partial charge in [0.2, 0.25) is 0 Å². The Balaban J connectivity index is 0.000000384. The number of rotatable bonds is 6. The molecule has 1 aliphatic heterocycles. The molecule has 3 N–H and O–H groups in total. The lowest BCUT2D eigenvalue weighted by molar-refractivity contribution is -0.193. The molecule has 3 heterocycles. The number of piperidine rings is 1. The van der Waals surface area contributed by atoms with Crippen LogP contribution in [0.4, 0.5) is 37.8 Å².